The normalized spacial score (nSPS) is 18.5. The summed E-state index contributed by atoms with van der Waals surface area (Å²) >= 11 is 1.13. The average molecular weight is 731 g/mol. The third-order valence-electron chi connectivity index (χ3n) is 8.83. The second kappa shape index (κ2) is 13.6. The molecular weight excluding hydrogens is 696 g/mol. The lowest BCUT2D eigenvalue weighted by Crippen LogP contribution is -2.67. The third-order valence-corrected chi connectivity index (χ3v) is 11.2. The summed E-state index contributed by atoms with van der Waals surface area (Å²) in [5.41, 5.74) is 10.3. The summed E-state index contributed by atoms with van der Waals surface area (Å²) in [6.07, 6.45) is 5.44. The summed E-state index contributed by atoms with van der Waals surface area (Å²) in [6.45, 7) is 3.84. The first-order chi connectivity index (χ1) is 22.2. The fourth-order valence-corrected chi connectivity index (χ4v) is 9.08. The Morgan fingerprint density at radius 3 is 1.29 bits per heavy atom. The molecule has 48 heavy (non-hydrogen) atoms. The van der Waals surface area contributed by atoms with Gasteiger partial charge in [0.25, 0.3) is 11.8 Å². The van der Waals surface area contributed by atoms with Gasteiger partial charge in [0, 0.05) is 9.75 Å². The van der Waals surface area contributed by atoms with Crippen molar-refractivity contribution in [2.75, 3.05) is 10.6 Å². The van der Waals surface area contributed by atoms with Crippen molar-refractivity contribution in [3.05, 3.63) is 32.0 Å². The Labute approximate surface area is 278 Å². The number of rotatable bonds is 13. The highest BCUT2D eigenvalue weighted by atomic mass is 32.1. The molecule has 6 N–H and O–H groups in total. The monoisotopic (exact) mass is 730 g/mol. The maximum absolute atomic E-state index is 14.9. The molecule has 0 saturated heterocycles. The lowest BCUT2D eigenvalue weighted by Gasteiger charge is -2.35. The number of hydrogen-bond acceptors (Lipinski definition) is 6. The molecule has 0 bridgehead atoms. The molecule has 18 heteroatoms. The van der Waals surface area contributed by atoms with Gasteiger partial charge in [-0.3, -0.25) is 19.2 Å². The van der Waals surface area contributed by atoms with E-state index in [9.17, 15) is 54.3 Å². The Morgan fingerprint density at radius 2 is 1.00 bits per heavy atom. The van der Waals surface area contributed by atoms with Crippen molar-refractivity contribution in [3.8, 4) is 0 Å². The van der Waals surface area contributed by atoms with Crippen LogP contribution in [0.4, 0.5) is 45.1 Å². The highest BCUT2D eigenvalue weighted by Crippen LogP contribution is 2.54. The summed E-state index contributed by atoms with van der Waals surface area (Å²) in [5, 5.41) is 1.19. The van der Waals surface area contributed by atoms with Gasteiger partial charge >= 0.3 is 35.5 Å². The molecule has 0 spiro atoms. The van der Waals surface area contributed by atoms with Crippen LogP contribution in [0.15, 0.2) is 0 Å². The third kappa shape index (κ3) is 6.41. The van der Waals surface area contributed by atoms with E-state index in [0.29, 0.717) is 58.1 Å². The van der Waals surface area contributed by atoms with E-state index < -0.39 is 68.4 Å². The number of amides is 4. The number of primary amides is 2. The van der Waals surface area contributed by atoms with E-state index >= 15 is 0 Å². The van der Waals surface area contributed by atoms with E-state index in [1.165, 1.54) is 10.6 Å². The van der Waals surface area contributed by atoms with Crippen LogP contribution in [-0.4, -0.2) is 47.3 Å². The number of fused-ring (bicyclic) bond motifs is 2. The van der Waals surface area contributed by atoms with Crippen LogP contribution in [0.3, 0.4) is 0 Å². The zero-order valence-electron chi connectivity index (χ0n) is 25.9. The van der Waals surface area contributed by atoms with Crippen LogP contribution >= 0.6 is 22.7 Å². The van der Waals surface area contributed by atoms with Gasteiger partial charge in [0.2, 0.25) is 0 Å². The van der Waals surface area contributed by atoms with Crippen LogP contribution in [-0.2, 0) is 35.3 Å². The number of anilines is 2. The number of carbonyl (C=O) groups is 4. The van der Waals surface area contributed by atoms with Crippen LogP contribution in [0.2, 0.25) is 0 Å². The number of nitrogens with two attached hydrogens (primary N) is 2. The summed E-state index contributed by atoms with van der Waals surface area (Å²) in [5.74, 6) is -35.8. The molecule has 4 rings (SSSR count). The number of nitrogens with one attached hydrogen (secondary N) is 2. The fraction of sp³-hybridized carbons (Fsp3) is 0.600. The summed E-state index contributed by atoms with van der Waals surface area (Å²) in [6, 6.07) is 0. The Hall–Kier alpha value is -3.28. The Morgan fingerprint density at radius 1 is 0.667 bits per heavy atom. The molecule has 0 aromatic carbocycles. The largest absolute Gasteiger partial charge is 0.393 e. The zero-order chi connectivity index (χ0) is 36.0. The second-order valence-electron chi connectivity index (χ2n) is 12.1. The molecule has 266 valence electrons. The van der Waals surface area contributed by atoms with Crippen molar-refractivity contribution >= 4 is 56.3 Å². The summed E-state index contributed by atoms with van der Waals surface area (Å²) in [4.78, 5) is 50.1. The molecule has 0 fully saturated rings. The summed E-state index contributed by atoms with van der Waals surface area (Å²) < 4.78 is 119. The van der Waals surface area contributed by atoms with Gasteiger partial charge in [0.1, 0.15) is 10.0 Å². The first-order valence-corrected chi connectivity index (χ1v) is 16.9. The molecule has 4 amide bonds. The minimum Gasteiger partial charge on any atom is -0.365 e. The first kappa shape index (κ1) is 37.5. The van der Waals surface area contributed by atoms with Gasteiger partial charge < -0.3 is 22.1 Å². The molecule has 8 nitrogen and oxygen atoms in total. The van der Waals surface area contributed by atoms with Gasteiger partial charge in [-0.15, -0.1) is 22.7 Å². The minimum atomic E-state index is -7.16. The molecule has 0 saturated carbocycles. The number of hydrogen-bond donors (Lipinski definition) is 4. The molecule has 2 aliphatic carbocycles. The number of alkyl halides is 8. The lowest BCUT2D eigenvalue weighted by atomic mass is 9.84. The van der Waals surface area contributed by atoms with Gasteiger partial charge in [0.05, 0.1) is 11.1 Å². The topological polar surface area (TPSA) is 144 Å². The standard InChI is InChI=1S/C30H34F8N4O4S2/c1-3-5-13-7-9-15-17(11-13)47-23(19(15)21(39)43)41-25(45)27(31,32)29(35,36)30(37,38)28(33,34)26(46)42-24-20(22(40)44)16-10-8-14(6-4-2)12-18(16)48-24/h13-14H,3-12H2,1-2H3,(H2,39,43)(H2,40,44)(H,41,45)(H,42,46). The van der Waals surface area contributed by atoms with E-state index in [-0.39, 0.29) is 35.8 Å². The van der Waals surface area contributed by atoms with Gasteiger partial charge in [-0.25, -0.2) is 0 Å². The Kier molecular flexibility index (Phi) is 10.6. The van der Waals surface area contributed by atoms with Crippen LogP contribution in [0.25, 0.3) is 0 Å². The zero-order valence-corrected chi connectivity index (χ0v) is 27.5. The predicted molar refractivity (Wildman–Crippen MR) is 164 cm³/mol. The highest BCUT2D eigenvalue weighted by molar-refractivity contribution is 7.17. The first-order valence-electron chi connectivity index (χ1n) is 15.3. The van der Waals surface area contributed by atoms with Crippen LogP contribution in [0, 0.1) is 11.8 Å². The van der Waals surface area contributed by atoms with E-state index in [1.807, 2.05) is 13.8 Å². The molecule has 2 heterocycles. The van der Waals surface area contributed by atoms with Crippen LogP contribution in [0.5, 0.6) is 0 Å². The van der Waals surface area contributed by atoms with Gasteiger partial charge in [-0.1, -0.05) is 39.5 Å². The molecule has 2 aromatic rings. The molecule has 2 aromatic heterocycles. The Balaban J connectivity index is 1.60. The maximum Gasteiger partial charge on any atom is 0.393 e. The highest BCUT2D eigenvalue weighted by Gasteiger charge is 2.84. The van der Waals surface area contributed by atoms with E-state index in [1.54, 1.807) is 0 Å². The number of thiophene rings is 2. The van der Waals surface area contributed by atoms with Crippen LogP contribution in [0.1, 0.15) is 94.0 Å². The van der Waals surface area contributed by atoms with Crippen molar-refractivity contribution in [3.63, 3.8) is 0 Å². The van der Waals surface area contributed by atoms with Crippen molar-refractivity contribution in [2.45, 2.75) is 102 Å². The van der Waals surface area contributed by atoms with Crippen molar-refractivity contribution in [2.24, 2.45) is 23.3 Å². The van der Waals surface area contributed by atoms with Gasteiger partial charge in [-0.05, 0) is 61.5 Å². The quantitative estimate of drug-likeness (QED) is 0.166. The lowest BCUT2D eigenvalue weighted by molar-refractivity contribution is -0.345. The van der Waals surface area contributed by atoms with E-state index in [4.69, 9.17) is 11.5 Å². The smallest absolute Gasteiger partial charge is 0.365 e. The second-order valence-corrected chi connectivity index (χ2v) is 14.4. The van der Waals surface area contributed by atoms with E-state index in [0.717, 1.165) is 25.7 Å². The van der Waals surface area contributed by atoms with Gasteiger partial charge in [0.15, 0.2) is 0 Å². The van der Waals surface area contributed by atoms with Crippen molar-refractivity contribution < 1.29 is 54.3 Å². The average Bonchev–Trinajstić information content (AvgIpc) is 3.53. The number of halogens is 8. The predicted octanol–water partition coefficient (Wildman–Crippen LogP) is 6.94. The SMILES string of the molecule is CCCC1CCc2c(sc(NC(=O)C(F)(F)C(F)(F)C(F)(F)C(F)(F)C(=O)Nc3sc4c(c3C(N)=O)CCC(CCC)C4)c2C(N)=O)C1. The summed E-state index contributed by atoms with van der Waals surface area (Å²) in [7, 11) is 0. The van der Waals surface area contributed by atoms with Crippen molar-refractivity contribution in [1.82, 2.24) is 0 Å². The molecule has 0 radical (unpaired) electrons. The van der Waals surface area contributed by atoms with Crippen molar-refractivity contribution in [1.29, 1.82) is 0 Å². The minimum absolute atomic E-state index is 0.125. The Bertz CT molecular complexity index is 1490. The molecule has 0 aliphatic heterocycles. The van der Waals surface area contributed by atoms with Gasteiger partial charge in [-0.2, -0.15) is 35.1 Å². The van der Waals surface area contributed by atoms with Crippen LogP contribution < -0.4 is 22.1 Å². The maximum atomic E-state index is 14.9. The molecule has 2 atom stereocenters. The fourth-order valence-electron chi connectivity index (χ4n) is 6.36. The number of carbonyl (C=O) groups excluding carboxylic acids is 4. The van der Waals surface area contributed by atoms with E-state index in [2.05, 4.69) is 0 Å². The molecular formula is C30H34F8N4O4S2. The molecule has 2 aliphatic rings. The molecule has 2 unspecified atom stereocenters.